The fraction of sp³-hybridized carbons (Fsp3) is 0.458. The first kappa shape index (κ1) is 24.1. The molecule has 2 aromatic rings. The van der Waals surface area contributed by atoms with E-state index in [1.807, 2.05) is 57.2 Å². The van der Waals surface area contributed by atoms with Crippen LogP contribution in [0.25, 0.3) is 0 Å². The normalized spacial score (nSPS) is 12.8. The first-order valence-electron chi connectivity index (χ1n) is 10.5. The number of nitrogens with zero attached hydrogens (tertiary/aromatic N) is 1. The van der Waals surface area contributed by atoms with Crippen molar-refractivity contribution >= 4 is 15.9 Å². The molecule has 30 heavy (non-hydrogen) atoms. The Morgan fingerprint density at radius 3 is 2.10 bits per heavy atom. The summed E-state index contributed by atoms with van der Waals surface area (Å²) in [5, 5.41) is 2.92. The minimum absolute atomic E-state index is 0.00859. The van der Waals surface area contributed by atoms with Crippen LogP contribution >= 0.6 is 0 Å². The van der Waals surface area contributed by atoms with Gasteiger partial charge in [0, 0.05) is 12.6 Å². The molecule has 1 amide bonds. The van der Waals surface area contributed by atoms with Gasteiger partial charge in [-0.05, 0) is 57.7 Å². The lowest BCUT2D eigenvalue weighted by Gasteiger charge is -2.25. The van der Waals surface area contributed by atoms with E-state index in [9.17, 15) is 13.2 Å². The van der Waals surface area contributed by atoms with E-state index in [0.29, 0.717) is 11.1 Å². The lowest BCUT2D eigenvalue weighted by atomic mass is 10.1. The molecule has 2 aromatic carbocycles. The van der Waals surface area contributed by atoms with Crippen molar-refractivity contribution < 1.29 is 13.2 Å². The summed E-state index contributed by atoms with van der Waals surface area (Å²) in [4.78, 5) is 13.0. The maximum Gasteiger partial charge on any atom is 0.244 e. The van der Waals surface area contributed by atoms with Gasteiger partial charge in [-0.25, -0.2) is 8.42 Å². The average Bonchev–Trinajstić information content (AvgIpc) is 2.61. The van der Waals surface area contributed by atoms with Gasteiger partial charge in [0.1, 0.15) is 0 Å². The van der Waals surface area contributed by atoms with Crippen LogP contribution in [-0.2, 0) is 21.4 Å². The van der Waals surface area contributed by atoms with Crippen molar-refractivity contribution in [3.05, 3.63) is 64.2 Å². The van der Waals surface area contributed by atoms with E-state index >= 15 is 0 Å². The van der Waals surface area contributed by atoms with Crippen LogP contribution in [0.3, 0.4) is 0 Å². The third kappa shape index (κ3) is 6.16. The highest BCUT2D eigenvalue weighted by Crippen LogP contribution is 2.26. The Morgan fingerprint density at radius 2 is 1.57 bits per heavy atom. The van der Waals surface area contributed by atoms with E-state index in [-0.39, 0.29) is 29.9 Å². The number of amides is 1. The van der Waals surface area contributed by atoms with Crippen molar-refractivity contribution in [3.8, 4) is 0 Å². The third-order valence-electron chi connectivity index (χ3n) is 5.13. The van der Waals surface area contributed by atoms with Crippen molar-refractivity contribution in [2.45, 2.75) is 71.9 Å². The first-order chi connectivity index (χ1) is 14.0. The Bertz CT molecular complexity index is 959. The Kier molecular flexibility index (Phi) is 8.21. The number of rotatable bonds is 9. The molecule has 0 radical (unpaired) electrons. The van der Waals surface area contributed by atoms with Gasteiger partial charge in [0.25, 0.3) is 0 Å². The van der Waals surface area contributed by atoms with Gasteiger partial charge in [-0.2, -0.15) is 4.31 Å². The second kappa shape index (κ2) is 10.2. The van der Waals surface area contributed by atoms with E-state index in [1.165, 1.54) is 4.31 Å². The largest absolute Gasteiger partial charge is 0.353 e. The molecule has 1 atom stereocenters. The van der Waals surface area contributed by atoms with Crippen LogP contribution in [0.1, 0.15) is 54.5 Å². The fourth-order valence-electron chi connectivity index (χ4n) is 3.81. The lowest BCUT2D eigenvalue weighted by Crippen LogP contribution is -2.43. The number of aryl methyl sites for hydroxylation is 4. The molecule has 0 aliphatic carbocycles. The van der Waals surface area contributed by atoms with E-state index in [4.69, 9.17) is 0 Å². The van der Waals surface area contributed by atoms with Crippen LogP contribution < -0.4 is 5.32 Å². The molecule has 0 aliphatic heterocycles. The fourth-order valence-corrected chi connectivity index (χ4v) is 5.61. The maximum absolute atomic E-state index is 13.6. The Labute approximate surface area is 181 Å². The minimum Gasteiger partial charge on any atom is -0.353 e. The molecular formula is C24H34N2O3S. The molecule has 6 heteroatoms. The smallest absolute Gasteiger partial charge is 0.244 e. The second-order valence-corrected chi connectivity index (χ2v) is 10.1. The summed E-state index contributed by atoms with van der Waals surface area (Å²) >= 11 is 0. The number of carbonyl (C=O) groups is 1. The zero-order valence-corrected chi connectivity index (χ0v) is 19.8. The number of carbonyl (C=O) groups excluding carboxylic acids is 1. The molecule has 0 unspecified atom stereocenters. The molecule has 164 valence electrons. The molecule has 0 fully saturated rings. The minimum atomic E-state index is -3.86. The molecular weight excluding hydrogens is 396 g/mol. The number of hydrogen-bond donors (Lipinski definition) is 1. The van der Waals surface area contributed by atoms with E-state index in [2.05, 4.69) is 12.2 Å². The molecule has 5 nitrogen and oxygen atoms in total. The summed E-state index contributed by atoms with van der Waals surface area (Å²) < 4.78 is 28.6. The van der Waals surface area contributed by atoms with Crippen molar-refractivity contribution in [2.75, 3.05) is 6.54 Å². The predicted octanol–water partition coefficient (Wildman–Crippen LogP) is 4.42. The molecule has 0 saturated carbocycles. The highest BCUT2D eigenvalue weighted by atomic mass is 32.2. The third-order valence-corrected chi connectivity index (χ3v) is 7.23. The second-order valence-electron chi connectivity index (χ2n) is 8.24. The zero-order valence-electron chi connectivity index (χ0n) is 19.0. The molecule has 0 bridgehead atoms. The molecule has 0 heterocycles. The summed E-state index contributed by atoms with van der Waals surface area (Å²) in [6, 6.07) is 11.5. The molecule has 1 N–H and O–H groups in total. The summed E-state index contributed by atoms with van der Waals surface area (Å²) in [6.45, 7) is 11.5. The van der Waals surface area contributed by atoms with Gasteiger partial charge in [-0.1, -0.05) is 60.9 Å². The van der Waals surface area contributed by atoms with Gasteiger partial charge in [0.05, 0.1) is 11.4 Å². The van der Waals surface area contributed by atoms with Gasteiger partial charge in [-0.3, -0.25) is 4.79 Å². The molecule has 0 aromatic heterocycles. The molecule has 0 spiro atoms. The number of hydrogen-bond acceptors (Lipinski definition) is 3. The van der Waals surface area contributed by atoms with Crippen molar-refractivity contribution in [3.63, 3.8) is 0 Å². The highest BCUT2D eigenvalue weighted by molar-refractivity contribution is 7.89. The maximum atomic E-state index is 13.6. The van der Waals surface area contributed by atoms with E-state index in [0.717, 1.165) is 29.5 Å². The Hall–Kier alpha value is -2.18. The van der Waals surface area contributed by atoms with Gasteiger partial charge in [0.15, 0.2) is 0 Å². The van der Waals surface area contributed by atoms with E-state index in [1.54, 1.807) is 13.8 Å². The zero-order chi connectivity index (χ0) is 22.5. The Morgan fingerprint density at radius 1 is 1.00 bits per heavy atom. The number of benzene rings is 2. The van der Waals surface area contributed by atoms with Crippen LogP contribution in [0.15, 0.2) is 41.3 Å². The average molecular weight is 431 g/mol. The van der Waals surface area contributed by atoms with Crippen molar-refractivity contribution in [1.29, 1.82) is 0 Å². The van der Waals surface area contributed by atoms with Gasteiger partial charge < -0.3 is 5.32 Å². The van der Waals surface area contributed by atoms with Crippen LogP contribution in [-0.4, -0.2) is 31.2 Å². The van der Waals surface area contributed by atoms with Gasteiger partial charge in [-0.15, -0.1) is 0 Å². The van der Waals surface area contributed by atoms with Crippen molar-refractivity contribution in [1.82, 2.24) is 9.62 Å². The lowest BCUT2D eigenvalue weighted by molar-refractivity contribution is -0.122. The van der Waals surface area contributed by atoms with Crippen LogP contribution in [0.2, 0.25) is 0 Å². The summed E-state index contributed by atoms with van der Waals surface area (Å²) in [5.74, 6) is -0.283. The van der Waals surface area contributed by atoms with Gasteiger partial charge in [0.2, 0.25) is 15.9 Å². The standard InChI is InChI=1S/C24H34N2O3S/c1-7-8-21(6)25-23(27)16-26(15-22-11-9-17(2)10-12-22)30(28,29)24-19(4)13-18(3)14-20(24)5/h9-14,21H,7-8,15-16H2,1-6H3,(H,25,27)/t21-/m1/s1. The molecule has 0 aliphatic rings. The highest BCUT2D eigenvalue weighted by Gasteiger charge is 2.30. The topological polar surface area (TPSA) is 66.5 Å². The monoisotopic (exact) mass is 430 g/mol. The number of nitrogens with one attached hydrogen (secondary N) is 1. The Balaban J connectivity index is 2.41. The summed E-state index contributed by atoms with van der Waals surface area (Å²) in [7, 11) is -3.86. The predicted molar refractivity (Wildman–Crippen MR) is 122 cm³/mol. The summed E-state index contributed by atoms with van der Waals surface area (Å²) in [6.07, 6.45) is 1.81. The SMILES string of the molecule is CCC[C@@H](C)NC(=O)CN(Cc1ccc(C)cc1)S(=O)(=O)c1c(C)cc(C)cc1C. The van der Waals surface area contributed by atoms with E-state index < -0.39 is 10.0 Å². The quantitative estimate of drug-likeness (QED) is 0.640. The molecule has 0 saturated heterocycles. The van der Waals surface area contributed by atoms with Gasteiger partial charge >= 0.3 is 0 Å². The van der Waals surface area contributed by atoms with Crippen LogP contribution in [0.5, 0.6) is 0 Å². The first-order valence-corrected chi connectivity index (χ1v) is 11.9. The van der Waals surface area contributed by atoms with Crippen LogP contribution in [0, 0.1) is 27.7 Å². The summed E-state index contributed by atoms with van der Waals surface area (Å²) in [5.41, 5.74) is 4.35. The molecule has 2 rings (SSSR count). The number of sulfonamides is 1. The van der Waals surface area contributed by atoms with Crippen molar-refractivity contribution in [2.24, 2.45) is 0 Å². The van der Waals surface area contributed by atoms with Crippen LogP contribution in [0.4, 0.5) is 0 Å².